The van der Waals surface area contributed by atoms with Crippen molar-refractivity contribution in [2.75, 3.05) is 6.54 Å². The van der Waals surface area contributed by atoms with Gasteiger partial charge in [-0.05, 0) is 6.54 Å². The quantitative estimate of drug-likeness (QED) is 0.685. The van der Waals surface area contributed by atoms with Gasteiger partial charge >= 0.3 is 0 Å². The molecule has 96 valence electrons. The highest BCUT2D eigenvalue weighted by Gasteiger charge is 2.08. The molecule has 3 heterocycles. The molecule has 0 bridgehead atoms. The summed E-state index contributed by atoms with van der Waals surface area (Å²) in [5.74, 6) is 0. The molecule has 0 unspecified atom stereocenters. The summed E-state index contributed by atoms with van der Waals surface area (Å²) in [6, 6.07) is 3.25. The Balaban J connectivity index is 2.16. The van der Waals surface area contributed by atoms with E-state index in [9.17, 15) is 4.79 Å². The van der Waals surface area contributed by atoms with E-state index in [0.717, 1.165) is 0 Å². The summed E-state index contributed by atoms with van der Waals surface area (Å²) in [4.78, 5) is 24.5. The number of nitrogens with zero attached hydrogens (tertiary/aromatic N) is 4. The minimum atomic E-state index is -0.163. The smallest absolute Gasteiger partial charge is 0.272 e. The number of aromatic nitrogens is 5. The monoisotopic (exact) mass is 256 g/mol. The minimum Gasteiger partial charge on any atom is -0.330 e. The number of H-pyrrole nitrogens is 1. The summed E-state index contributed by atoms with van der Waals surface area (Å²) in [7, 11) is 0. The minimum absolute atomic E-state index is 0.163. The zero-order chi connectivity index (χ0) is 13.2. The molecule has 0 saturated heterocycles. The van der Waals surface area contributed by atoms with E-state index >= 15 is 0 Å². The first-order chi connectivity index (χ1) is 9.28. The molecule has 0 amide bonds. The van der Waals surface area contributed by atoms with Gasteiger partial charge in [0, 0.05) is 36.6 Å². The number of rotatable bonds is 3. The second kappa shape index (κ2) is 4.62. The second-order valence-electron chi connectivity index (χ2n) is 4.08. The lowest BCUT2D eigenvalue weighted by Crippen LogP contribution is -2.17. The molecule has 0 saturated carbocycles. The van der Waals surface area contributed by atoms with E-state index in [0.29, 0.717) is 35.7 Å². The van der Waals surface area contributed by atoms with Crippen LogP contribution < -0.4 is 11.3 Å². The Bertz CT molecular complexity index is 761. The number of nitrogens with two attached hydrogens (primary N) is 1. The molecule has 3 N–H and O–H groups in total. The van der Waals surface area contributed by atoms with Crippen molar-refractivity contribution in [3.8, 4) is 11.4 Å². The summed E-state index contributed by atoms with van der Waals surface area (Å²) >= 11 is 0. The topological polar surface area (TPSA) is 102 Å². The molecule has 3 rings (SSSR count). The van der Waals surface area contributed by atoms with Gasteiger partial charge in [-0.3, -0.25) is 19.9 Å². The van der Waals surface area contributed by atoms with Crippen LogP contribution in [0.25, 0.3) is 17.0 Å². The highest BCUT2D eigenvalue weighted by molar-refractivity contribution is 5.59. The SMILES string of the molecule is NCCc1cc(=O)n2[nH]c(-c3cnccn3)cc2n1. The molecule has 3 aromatic rings. The molecular formula is C12H12N6O. The maximum Gasteiger partial charge on any atom is 0.272 e. The third-order valence-electron chi connectivity index (χ3n) is 2.74. The van der Waals surface area contributed by atoms with Crippen molar-refractivity contribution in [2.45, 2.75) is 6.42 Å². The Hall–Kier alpha value is -2.54. The zero-order valence-corrected chi connectivity index (χ0v) is 10.1. The number of hydrogen-bond donors (Lipinski definition) is 2. The van der Waals surface area contributed by atoms with E-state index < -0.39 is 0 Å². The van der Waals surface area contributed by atoms with Crippen LogP contribution in [-0.2, 0) is 6.42 Å². The van der Waals surface area contributed by atoms with E-state index in [1.165, 1.54) is 10.6 Å². The number of hydrogen-bond acceptors (Lipinski definition) is 5. The second-order valence-corrected chi connectivity index (χ2v) is 4.08. The van der Waals surface area contributed by atoms with Gasteiger partial charge in [0.1, 0.15) is 5.69 Å². The largest absolute Gasteiger partial charge is 0.330 e. The van der Waals surface area contributed by atoms with Crippen molar-refractivity contribution in [3.05, 3.63) is 46.8 Å². The number of aromatic amines is 1. The van der Waals surface area contributed by atoms with Crippen LogP contribution in [0.5, 0.6) is 0 Å². The number of fused-ring (bicyclic) bond motifs is 1. The van der Waals surface area contributed by atoms with E-state index in [1.807, 2.05) is 0 Å². The fourth-order valence-electron chi connectivity index (χ4n) is 1.89. The number of nitrogens with one attached hydrogen (secondary N) is 1. The van der Waals surface area contributed by atoms with Gasteiger partial charge in [0.05, 0.1) is 11.9 Å². The lowest BCUT2D eigenvalue weighted by Gasteiger charge is -1.97. The molecule has 0 aliphatic rings. The van der Waals surface area contributed by atoms with Crippen molar-refractivity contribution in [2.24, 2.45) is 5.73 Å². The van der Waals surface area contributed by atoms with E-state index in [4.69, 9.17) is 5.73 Å². The summed E-state index contributed by atoms with van der Waals surface area (Å²) in [6.07, 6.45) is 5.39. The van der Waals surface area contributed by atoms with Gasteiger partial charge in [-0.2, -0.15) is 0 Å². The van der Waals surface area contributed by atoms with Gasteiger partial charge < -0.3 is 5.73 Å². The summed E-state index contributed by atoms with van der Waals surface area (Å²) in [5.41, 5.74) is 7.91. The van der Waals surface area contributed by atoms with Gasteiger partial charge in [-0.15, -0.1) is 0 Å². The van der Waals surface area contributed by atoms with Crippen LogP contribution >= 0.6 is 0 Å². The molecule has 3 aromatic heterocycles. The fourth-order valence-corrected chi connectivity index (χ4v) is 1.89. The van der Waals surface area contributed by atoms with E-state index in [2.05, 4.69) is 20.1 Å². The summed E-state index contributed by atoms with van der Waals surface area (Å²) in [6.45, 7) is 0.462. The molecule has 7 nitrogen and oxygen atoms in total. The molecule has 0 radical (unpaired) electrons. The first-order valence-corrected chi connectivity index (χ1v) is 5.86. The first-order valence-electron chi connectivity index (χ1n) is 5.86. The van der Waals surface area contributed by atoms with Gasteiger partial charge in [-0.25, -0.2) is 9.50 Å². The highest BCUT2D eigenvalue weighted by atomic mass is 16.1. The molecule has 0 aromatic carbocycles. The molecule has 7 heteroatoms. The molecule has 0 aliphatic carbocycles. The van der Waals surface area contributed by atoms with Gasteiger partial charge in [0.15, 0.2) is 5.65 Å². The van der Waals surface area contributed by atoms with Gasteiger partial charge in [0.25, 0.3) is 5.56 Å². The molecule has 0 atom stereocenters. The average Bonchev–Trinajstić information content (AvgIpc) is 2.85. The van der Waals surface area contributed by atoms with Crippen molar-refractivity contribution in [1.29, 1.82) is 0 Å². The summed E-state index contributed by atoms with van der Waals surface area (Å²) in [5, 5.41) is 2.96. The third kappa shape index (κ3) is 2.11. The lowest BCUT2D eigenvalue weighted by molar-refractivity contribution is 0.857. The van der Waals surface area contributed by atoms with Crippen LogP contribution in [0.1, 0.15) is 5.69 Å². The molecule has 0 spiro atoms. The molecule has 0 fully saturated rings. The fraction of sp³-hybridized carbons (Fsp3) is 0.167. The van der Waals surface area contributed by atoms with Crippen LogP contribution in [-0.4, -0.2) is 31.1 Å². The Labute approximate surface area is 108 Å². The van der Waals surface area contributed by atoms with E-state index in [1.54, 1.807) is 24.7 Å². The Morgan fingerprint density at radius 2 is 2.21 bits per heavy atom. The van der Waals surface area contributed by atoms with E-state index in [-0.39, 0.29) is 5.56 Å². The molecular weight excluding hydrogens is 244 g/mol. The predicted octanol–water partition coefficient (Wildman–Crippen LogP) is -0.0192. The molecule has 19 heavy (non-hydrogen) atoms. The zero-order valence-electron chi connectivity index (χ0n) is 10.1. The average molecular weight is 256 g/mol. The maximum atomic E-state index is 11.9. The third-order valence-corrected chi connectivity index (χ3v) is 2.74. The van der Waals surface area contributed by atoms with Crippen molar-refractivity contribution < 1.29 is 0 Å². The van der Waals surface area contributed by atoms with Crippen LogP contribution in [0.2, 0.25) is 0 Å². The standard InChI is InChI=1S/C12H12N6O/c13-2-1-8-5-12(19)18-11(16-8)6-9(17-18)10-7-14-3-4-15-10/h3-7,17H,1-2,13H2. The van der Waals surface area contributed by atoms with Crippen LogP contribution in [0.15, 0.2) is 35.5 Å². The Kier molecular flexibility index (Phi) is 2.81. The van der Waals surface area contributed by atoms with Crippen LogP contribution in [0, 0.1) is 0 Å². The van der Waals surface area contributed by atoms with Crippen molar-refractivity contribution >= 4 is 5.65 Å². The summed E-state index contributed by atoms with van der Waals surface area (Å²) < 4.78 is 1.38. The normalized spacial score (nSPS) is 11.0. The van der Waals surface area contributed by atoms with Crippen molar-refractivity contribution in [1.82, 2.24) is 24.6 Å². The maximum absolute atomic E-state index is 11.9. The van der Waals surface area contributed by atoms with Crippen LogP contribution in [0.3, 0.4) is 0 Å². The highest BCUT2D eigenvalue weighted by Crippen LogP contribution is 2.14. The first kappa shape index (κ1) is 11.5. The van der Waals surface area contributed by atoms with Gasteiger partial charge in [-0.1, -0.05) is 0 Å². The predicted molar refractivity (Wildman–Crippen MR) is 69.6 cm³/mol. The Morgan fingerprint density at radius 3 is 2.95 bits per heavy atom. The lowest BCUT2D eigenvalue weighted by atomic mass is 10.3. The van der Waals surface area contributed by atoms with Gasteiger partial charge in [0.2, 0.25) is 0 Å². The Morgan fingerprint density at radius 1 is 1.32 bits per heavy atom. The van der Waals surface area contributed by atoms with Crippen molar-refractivity contribution in [3.63, 3.8) is 0 Å². The molecule has 0 aliphatic heterocycles. The van der Waals surface area contributed by atoms with Crippen LogP contribution in [0.4, 0.5) is 0 Å².